The number of hydrogen-bond acceptors (Lipinski definition) is 0. The van der Waals surface area contributed by atoms with E-state index in [1.807, 2.05) is 6.07 Å². The smallest absolute Gasteiger partial charge is 0.0920 e. The first-order chi connectivity index (χ1) is 29.9. The molecule has 1 heterocycles. The number of rotatable bonds is 6. The van der Waals surface area contributed by atoms with Crippen molar-refractivity contribution in [2.75, 3.05) is 0 Å². The summed E-state index contributed by atoms with van der Waals surface area (Å²) in [5.41, 5.74) is 16.1. The molecule has 0 fully saturated rings. The normalized spacial score (nSPS) is 11.3. The van der Waals surface area contributed by atoms with Crippen molar-refractivity contribution in [2.24, 2.45) is 0 Å². The zero-order chi connectivity index (χ0) is 41.7. The second-order valence-electron chi connectivity index (χ2n) is 16.5. The van der Waals surface area contributed by atoms with Gasteiger partial charge in [-0.15, -0.1) is 74.6 Å². The first-order valence-electron chi connectivity index (χ1n) is 21.5. The van der Waals surface area contributed by atoms with Gasteiger partial charge in [-0.1, -0.05) is 218 Å². The van der Waals surface area contributed by atoms with Gasteiger partial charge in [0.25, 0.3) is 0 Å². The topological polar surface area (TPSA) is 0 Å². The van der Waals surface area contributed by atoms with E-state index in [1.54, 1.807) is 0 Å². The number of fused-ring (bicyclic) bond motifs is 5. The van der Waals surface area contributed by atoms with E-state index < -0.39 is 0 Å². The Kier molecular flexibility index (Phi) is 13.4. The van der Waals surface area contributed by atoms with E-state index in [-0.39, 0.29) is 25.8 Å². The van der Waals surface area contributed by atoms with Crippen LogP contribution in [0.3, 0.4) is 0 Å². The summed E-state index contributed by atoms with van der Waals surface area (Å²) >= 11 is 0. The molecule has 0 nitrogen and oxygen atoms in total. The molecule has 0 unspecified atom stereocenters. The molecule has 10 aromatic carbocycles. The molecule has 0 aliphatic carbocycles. The Morgan fingerprint density at radius 2 is 0.823 bits per heavy atom. The maximum atomic E-state index is 3.31. The molecule has 0 N–H and O–H groups in total. The first-order valence-corrected chi connectivity index (χ1v) is 22.5. The third kappa shape index (κ3) is 9.00. The second-order valence-corrected chi connectivity index (χ2v) is 17.7. The van der Waals surface area contributed by atoms with Gasteiger partial charge in [0.15, 0.2) is 0 Å². The van der Waals surface area contributed by atoms with E-state index in [9.17, 15) is 0 Å². The number of hydrogen-bond donors (Lipinski definition) is 0. The minimum absolute atomic E-state index is 0. The van der Waals surface area contributed by atoms with Gasteiger partial charge in [0.05, 0.1) is 9.52 Å². The van der Waals surface area contributed by atoms with Crippen molar-refractivity contribution >= 4 is 41.4 Å². The summed E-state index contributed by atoms with van der Waals surface area (Å²) in [4.78, 5) is 0. The van der Waals surface area contributed by atoms with Crippen LogP contribution in [0.15, 0.2) is 212 Å². The van der Waals surface area contributed by atoms with Gasteiger partial charge >= 0.3 is 0 Å². The predicted octanol–water partition coefficient (Wildman–Crippen LogP) is 15.2. The first kappa shape index (κ1) is 42.7. The van der Waals surface area contributed by atoms with Crippen LogP contribution in [-0.4, -0.2) is 9.52 Å². The molecule has 0 spiro atoms. The molecule has 11 rings (SSSR count). The summed E-state index contributed by atoms with van der Waals surface area (Å²) < 4.78 is 0. The molecule has 2 radical (unpaired) electrons. The molecule has 0 atom stereocenters. The van der Waals surface area contributed by atoms with Crippen molar-refractivity contribution in [3.63, 3.8) is 0 Å². The minimum Gasteiger partial charge on any atom is -0.184 e. The fourth-order valence-electron chi connectivity index (χ4n) is 8.75. The summed E-state index contributed by atoms with van der Waals surface area (Å²) in [6, 6.07) is 79.5. The van der Waals surface area contributed by atoms with Crippen molar-refractivity contribution in [3.05, 3.63) is 230 Å². The van der Waals surface area contributed by atoms with Gasteiger partial charge in [0.1, 0.15) is 0 Å². The van der Waals surface area contributed by atoms with Gasteiger partial charge in [0, 0.05) is 25.8 Å². The van der Waals surface area contributed by atoms with Crippen LogP contribution in [0.5, 0.6) is 0 Å². The van der Waals surface area contributed by atoms with Crippen LogP contribution < -0.4 is 10.4 Å². The molecule has 1 aliphatic heterocycles. The molecule has 0 saturated carbocycles. The van der Waals surface area contributed by atoms with Crippen LogP contribution in [0.2, 0.25) is 0 Å². The Morgan fingerprint density at radius 3 is 1.32 bits per heavy atom. The van der Waals surface area contributed by atoms with Crippen molar-refractivity contribution < 1.29 is 25.8 Å². The Labute approximate surface area is 389 Å². The van der Waals surface area contributed by atoms with Crippen LogP contribution >= 0.6 is 0 Å². The molecule has 1 aliphatic rings. The van der Waals surface area contributed by atoms with Gasteiger partial charge in [-0.2, -0.15) is 29.5 Å². The Hall–Kier alpha value is -5.93. The molecular formula is C60H49HfSi-3. The van der Waals surface area contributed by atoms with Gasteiger partial charge < -0.3 is 0 Å². The van der Waals surface area contributed by atoms with Gasteiger partial charge in [-0.05, 0) is 34.1 Å². The van der Waals surface area contributed by atoms with Crippen LogP contribution in [0.1, 0.15) is 50.7 Å². The molecular weight excluding hydrogens is 927 g/mol. The van der Waals surface area contributed by atoms with Crippen molar-refractivity contribution in [1.82, 2.24) is 0 Å². The average molecular weight is 977 g/mol. The van der Waals surface area contributed by atoms with Crippen molar-refractivity contribution in [2.45, 2.75) is 39.5 Å². The molecule has 2 heteroatoms. The number of benzene rings is 8. The summed E-state index contributed by atoms with van der Waals surface area (Å²) in [5, 5.41) is 8.12. The van der Waals surface area contributed by atoms with Crippen LogP contribution in [0, 0.1) is 6.07 Å². The van der Waals surface area contributed by atoms with Crippen LogP contribution in [-0.2, 0) is 25.8 Å². The summed E-state index contributed by atoms with van der Waals surface area (Å²) in [6.45, 7) is 9.05. The zero-order valence-electron chi connectivity index (χ0n) is 35.9. The van der Waals surface area contributed by atoms with Gasteiger partial charge in [-0.3, -0.25) is 0 Å². The SMILES string of the molecule is CC(C)c1ccccc1-c1cccc2[cH-]c(-c3ccccc3)cc12.CC(C)c1ccccc1-c1cccc2[cH-]c(-c3ccccc3)cc12.[Hf].[c-]1cccc2c1[Si]c1ccccc1-2. The van der Waals surface area contributed by atoms with Crippen molar-refractivity contribution in [3.8, 4) is 55.6 Å². The van der Waals surface area contributed by atoms with Crippen LogP contribution in [0.25, 0.3) is 77.2 Å². The maximum Gasteiger partial charge on any atom is 0.0920 e. The fourth-order valence-corrected chi connectivity index (χ4v) is 10.1. The second kappa shape index (κ2) is 19.4. The molecule has 0 saturated heterocycles. The van der Waals surface area contributed by atoms with E-state index in [2.05, 4.69) is 240 Å². The molecule has 0 bridgehead atoms. The maximum absolute atomic E-state index is 3.31. The third-order valence-corrected chi connectivity index (χ3v) is 13.2. The Morgan fingerprint density at radius 1 is 0.403 bits per heavy atom. The quantitative estimate of drug-likeness (QED) is 0.115. The summed E-state index contributed by atoms with van der Waals surface area (Å²) in [7, 11) is 0.795. The average Bonchev–Trinajstić information content (AvgIpc) is 4.06. The van der Waals surface area contributed by atoms with E-state index >= 15 is 0 Å². The van der Waals surface area contributed by atoms with Crippen LogP contribution in [0.4, 0.5) is 0 Å². The molecule has 62 heavy (non-hydrogen) atoms. The fraction of sp³-hybridized carbons (Fsp3) is 0.100. The molecule has 0 aromatic heterocycles. The standard InChI is InChI=1S/2C24H21.C12H7Si.Hf/c2*1-17(2)21-12-6-7-13-22(21)23-14-8-11-19-15-20(16-24(19)23)18-9-4-3-5-10-18;1-3-7-11-9(5-1)10-6-2-4-8-12(10)13-11;/h2*3-17H,1-2H3;1-7H;/q3*-1;. The predicted molar refractivity (Wildman–Crippen MR) is 265 cm³/mol. The Balaban J connectivity index is 0.000000132. The van der Waals surface area contributed by atoms with E-state index in [0.717, 1.165) is 9.52 Å². The zero-order valence-corrected chi connectivity index (χ0v) is 40.5. The Bertz CT molecular complexity index is 2850. The molecule has 0 amide bonds. The summed E-state index contributed by atoms with van der Waals surface area (Å²) in [6.07, 6.45) is 0. The van der Waals surface area contributed by atoms with Gasteiger partial charge in [-0.25, -0.2) is 0 Å². The van der Waals surface area contributed by atoms with Crippen molar-refractivity contribution in [1.29, 1.82) is 0 Å². The minimum atomic E-state index is 0. The molecule has 10 aromatic rings. The van der Waals surface area contributed by atoms with E-state index in [0.29, 0.717) is 11.8 Å². The summed E-state index contributed by atoms with van der Waals surface area (Å²) in [5.74, 6) is 1.03. The third-order valence-electron chi connectivity index (χ3n) is 11.8. The van der Waals surface area contributed by atoms with Gasteiger partial charge in [0.2, 0.25) is 0 Å². The molecule has 300 valence electrons. The van der Waals surface area contributed by atoms with E-state index in [4.69, 9.17) is 0 Å². The van der Waals surface area contributed by atoms with E-state index in [1.165, 1.54) is 98.7 Å². The monoisotopic (exact) mass is 977 g/mol. The largest absolute Gasteiger partial charge is 0.184 e.